The molecule has 0 radical (unpaired) electrons. The lowest BCUT2D eigenvalue weighted by Gasteiger charge is -2.12. The van der Waals surface area contributed by atoms with Crippen LogP contribution in [0.2, 0.25) is 10.0 Å². The first kappa shape index (κ1) is 23.1. The first-order chi connectivity index (χ1) is 14.8. The Morgan fingerprint density at radius 1 is 1.03 bits per heavy atom. The van der Waals surface area contributed by atoms with Crippen molar-refractivity contribution in [2.45, 2.75) is 20.3 Å². The fourth-order valence-corrected chi connectivity index (χ4v) is 4.04. The molecule has 31 heavy (non-hydrogen) atoms. The Morgan fingerprint density at radius 3 is 2.52 bits per heavy atom. The van der Waals surface area contributed by atoms with Gasteiger partial charge in [-0.05, 0) is 78.7 Å². The van der Waals surface area contributed by atoms with E-state index in [4.69, 9.17) is 23.2 Å². The number of carbonyl (C=O) groups excluding carboxylic acids is 2. The van der Waals surface area contributed by atoms with Crippen molar-refractivity contribution in [2.75, 3.05) is 6.54 Å². The van der Waals surface area contributed by atoms with Crippen LogP contribution in [-0.2, 0) is 11.2 Å². The van der Waals surface area contributed by atoms with E-state index in [-0.39, 0.29) is 17.5 Å². The van der Waals surface area contributed by atoms with Crippen molar-refractivity contribution in [3.63, 3.8) is 0 Å². The van der Waals surface area contributed by atoms with E-state index in [2.05, 4.69) is 10.6 Å². The van der Waals surface area contributed by atoms with Crippen molar-refractivity contribution in [3.8, 4) is 0 Å². The Labute approximate surface area is 195 Å². The first-order valence-electron chi connectivity index (χ1n) is 9.69. The van der Waals surface area contributed by atoms with Gasteiger partial charge in [0.25, 0.3) is 11.8 Å². The van der Waals surface area contributed by atoms with Gasteiger partial charge in [0.05, 0.1) is 0 Å². The van der Waals surface area contributed by atoms with E-state index in [1.807, 2.05) is 49.6 Å². The van der Waals surface area contributed by atoms with Crippen LogP contribution in [0.3, 0.4) is 0 Å². The first-order valence-corrected chi connectivity index (χ1v) is 11.3. The van der Waals surface area contributed by atoms with Gasteiger partial charge in [-0.2, -0.15) is 0 Å². The molecule has 2 N–H and O–H groups in total. The van der Waals surface area contributed by atoms with Gasteiger partial charge < -0.3 is 10.6 Å². The zero-order valence-corrected chi connectivity index (χ0v) is 19.5. The van der Waals surface area contributed by atoms with E-state index < -0.39 is 0 Å². The summed E-state index contributed by atoms with van der Waals surface area (Å²) in [5.74, 6) is -0.697. The molecule has 0 aliphatic carbocycles. The summed E-state index contributed by atoms with van der Waals surface area (Å²) < 4.78 is 0. The van der Waals surface area contributed by atoms with E-state index in [0.29, 0.717) is 28.6 Å². The van der Waals surface area contributed by atoms with Gasteiger partial charge in [0.15, 0.2) is 0 Å². The van der Waals surface area contributed by atoms with Crippen molar-refractivity contribution >= 4 is 52.4 Å². The van der Waals surface area contributed by atoms with Crippen LogP contribution >= 0.6 is 34.5 Å². The molecule has 3 aromatic rings. The zero-order valence-electron chi connectivity index (χ0n) is 17.2. The van der Waals surface area contributed by atoms with E-state index >= 15 is 0 Å². The Kier molecular flexibility index (Phi) is 7.91. The molecule has 2 amide bonds. The summed E-state index contributed by atoms with van der Waals surface area (Å²) in [6.07, 6.45) is 2.22. The molecule has 0 saturated heterocycles. The van der Waals surface area contributed by atoms with Gasteiger partial charge in [-0.15, -0.1) is 11.3 Å². The predicted octanol–water partition coefficient (Wildman–Crippen LogP) is 5.80. The van der Waals surface area contributed by atoms with Gasteiger partial charge in [-0.3, -0.25) is 9.59 Å². The number of benzene rings is 2. The summed E-state index contributed by atoms with van der Waals surface area (Å²) in [7, 11) is 0. The third-order valence-electron chi connectivity index (χ3n) is 4.79. The number of halogens is 2. The van der Waals surface area contributed by atoms with Crippen molar-refractivity contribution in [1.82, 2.24) is 10.6 Å². The zero-order chi connectivity index (χ0) is 22.4. The van der Waals surface area contributed by atoms with Gasteiger partial charge in [-0.25, -0.2) is 0 Å². The quantitative estimate of drug-likeness (QED) is 0.426. The highest BCUT2D eigenvalue weighted by Crippen LogP contribution is 2.21. The molecule has 0 saturated carbocycles. The molecule has 3 rings (SSSR count). The Bertz CT molecular complexity index is 1120. The lowest BCUT2D eigenvalue weighted by atomic mass is 10.1. The second-order valence-electron chi connectivity index (χ2n) is 7.07. The predicted molar refractivity (Wildman–Crippen MR) is 129 cm³/mol. The highest BCUT2D eigenvalue weighted by molar-refractivity contribution is 7.10. The maximum Gasteiger partial charge on any atom is 0.267 e. The third-order valence-corrected chi connectivity index (χ3v) is 6.19. The highest BCUT2D eigenvalue weighted by atomic mass is 35.5. The molecule has 0 atom stereocenters. The van der Waals surface area contributed by atoms with Crippen LogP contribution < -0.4 is 10.6 Å². The number of hydrogen-bond acceptors (Lipinski definition) is 3. The van der Waals surface area contributed by atoms with Gasteiger partial charge >= 0.3 is 0 Å². The van der Waals surface area contributed by atoms with Crippen LogP contribution in [0, 0.1) is 13.8 Å². The minimum atomic E-state index is -0.365. The summed E-state index contributed by atoms with van der Waals surface area (Å²) >= 11 is 13.6. The molecular weight excluding hydrogens is 451 g/mol. The van der Waals surface area contributed by atoms with Gasteiger partial charge in [0.2, 0.25) is 0 Å². The van der Waals surface area contributed by atoms with Gasteiger partial charge in [0, 0.05) is 27.0 Å². The SMILES string of the molecule is Cc1ccc(C(=O)NC(=Cc2cccs2)C(=O)NCCc2ccc(Cl)cc2Cl)cc1C. The van der Waals surface area contributed by atoms with Gasteiger partial charge in [0.1, 0.15) is 5.70 Å². The fourth-order valence-electron chi connectivity index (χ4n) is 2.88. The number of carbonyl (C=O) groups is 2. The van der Waals surface area contributed by atoms with Crippen molar-refractivity contribution in [1.29, 1.82) is 0 Å². The number of rotatable bonds is 7. The smallest absolute Gasteiger partial charge is 0.267 e. The number of amides is 2. The van der Waals surface area contributed by atoms with Crippen LogP contribution in [0.1, 0.15) is 31.9 Å². The molecule has 1 heterocycles. The van der Waals surface area contributed by atoms with E-state index in [0.717, 1.165) is 21.6 Å². The normalized spacial score (nSPS) is 11.3. The summed E-state index contributed by atoms with van der Waals surface area (Å²) in [4.78, 5) is 26.5. The van der Waals surface area contributed by atoms with Crippen LogP contribution in [-0.4, -0.2) is 18.4 Å². The maximum atomic E-state index is 12.8. The molecule has 1 aromatic heterocycles. The monoisotopic (exact) mass is 472 g/mol. The minimum absolute atomic E-state index is 0.188. The Morgan fingerprint density at radius 2 is 1.84 bits per heavy atom. The summed E-state index contributed by atoms with van der Waals surface area (Å²) in [5, 5.41) is 8.64. The summed E-state index contributed by atoms with van der Waals surface area (Å²) in [6.45, 7) is 4.30. The molecule has 4 nitrogen and oxygen atoms in total. The van der Waals surface area contributed by atoms with E-state index in [9.17, 15) is 9.59 Å². The average Bonchev–Trinajstić information content (AvgIpc) is 3.24. The van der Waals surface area contributed by atoms with Crippen LogP contribution in [0.25, 0.3) is 6.08 Å². The van der Waals surface area contributed by atoms with E-state index in [1.165, 1.54) is 11.3 Å². The van der Waals surface area contributed by atoms with Crippen molar-refractivity contribution in [2.24, 2.45) is 0 Å². The molecule has 0 unspecified atom stereocenters. The van der Waals surface area contributed by atoms with E-state index in [1.54, 1.807) is 24.3 Å². The number of hydrogen-bond donors (Lipinski definition) is 2. The number of aryl methyl sites for hydroxylation is 2. The Hall–Kier alpha value is -2.60. The molecule has 0 aliphatic rings. The van der Waals surface area contributed by atoms with Crippen LogP contribution in [0.15, 0.2) is 59.6 Å². The Balaban J connectivity index is 1.71. The standard InChI is InChI=1S/C24H22Cl2N2O2S/c1-15-5-6-18(12-16(15)2)23(29)28-22(14-20-4-3-11-31-20)24(30)27-10-9-17-7-8-19(25)13-21(17)26/h3-8,11-14H,9-10H2,1-2H3,(H,27,30)(H,28,29). The van der Waals surface area contributed by atoms with Crippen molar-refractivity contribution < 1.29 is 9.59 Å². The van der Waals surface area contributed by atoms with Gasteiger partial charge in [-0.1, -0.05) is 41.4 Å². The molecule has 160 valence electrons. The lowest BCUT2D eigenvalue weighted by Crippen LogP contribution is -2.35. The molecule has 2 aromatic carbocycles. The largest absolute Gasteiger partial charge is 0.350 e. The summed E-state index contributed by atoms with van der Waals surface area (Å²) in [5.41, 5.74) is 3.69. The molecule has 0 aliphatic heterocycles. The minimum Gasteiger partial charge on any atom is -0.350 e. The third kappa shape index (κ3) is 6.44. The molecule has 7 heteroatoms. The van der Waals surface area contributed by atoms with Crippen molar-refractivity contribution in [3.05, 3.63) is 96.8 Å². The maximum absolute atomic E-state index is 12.8. The molecule has 0 fully saturated rings. The summed E-state index contributed by atoms with van der Waals surface area (Å²) in [6, 6.07) is 14.5. The number of thiophene rings is 1. The molecule has 0 spiro atoms. The molecule has 0 bridgehead atoms. The lowest BCUT2D eigenvalue weighted by molar-refractivity contribution is -0.117. The number of nitrogens with one attached hydrogen (secondary N) is 2. The average molecular weight is 473 g/mol. The second-order valence-corrected chi connectivity index (χ2v) is 8.89. The van der Waals surface area contributed by atoms with Crippen LogP contribution in [0.5, 0.6) is 0 Å². The highest BCUT2D eigenvalue weighted by Gasteiger charge is 2.15. The molecular formula is C24H22Cl2N2O2S. The topological polar surface area (TPSA) is 58.2 Å². The van der Waals surface area contributed by atoms with Crippen LogP contribution in [0.4, 0.5) is 0 Å². The fraction of sp³-hybridized carbons (Fsp3) is 0.167. The second kappa shape index (κ2) is 10.6.